The molecule has 1 aliphatic heterocycles. The van der Waals surface area contributed by atoms with Crippen molar-refractivity contribution in [1.82, 2.24) is 10.2 Å². The van der Waals surface area contributed by atoms with E-state index in [1.54, 1.807) is 7.11 Å². The largest absolute Gasteiger partial charge is 0.383 e. The van der Waals surface area contributed by atoms with E-state index in [2.05, 4.69) is 75.1 Å². The number of likely N-dealkylation sites (tertiary alicyclic amines) is 1. The summed E-state index contributed by atoms with van der Waals surface area (Å²) in [5.74, 6) is 1.69. The summed E-state index contributed by atoms with van der Waals surface area (Å²) in [5.41, 5.74) is 3.79. The van der Waals surface area contributed by atoms with E-state index in [0.29, 0.717) is 12.5 Å². The summed E-state index contributed by atoms with van der Waals surface area (Å²) in [6.45, 7) is 4.45. The Hall–Kier alpha value is -1.80. The van der Waals surface area contributed by atoms with Gasteiger partial charge in [-0.25, -0.2) is 0 Å². The molecule has 0 saturated carbocycles. The Labute approximate surface area is 192 Å². The Bertz CT molecular complexity index is 736. The number of anilines is 1. The van der Waals surface area contributed by atoms with Gasteiger partial charge in [-0.05, 0) is 42.0 Å². The molecule has 1 unspecified atom stereocenters. The zero-order chi connectivity index (χ0) is 19.6. The van der Waals surface area contributed by atoms with Crippen molar-refractivity contribution in [2.45, 2.75) is 19.4 Å². The molecule has 5 nitrogen and oxygen atoms in total. The third-order valence-corrected chi connectivity index (χ3v) is 5.20. The van der Waals surface area contributed by atoms with Gasteiger partial charge in [0, 0.05) is 46.0 Å². The van der Waals surface area contributed by atoms with E-state index in [4.69, 9.17) is 4.74 Å². The minimum absolute atomic E-state index is 0. The average molecular weight is 508 g/mol. The maximum absolute atomic E-state index is 5.06. The molecule has 0 aliphatic carbocycles. The minimum Gasteiger partial charge on any atom is -0.383 e. The van der Waals surface area contributed by atoms with Crippen LogP contribution in [-0.2, 0) is 17.7 Å². The zero-order valence-corrected chi connectivity index (χ0v) is 19.8. The lowest BCUT2D eigenvalue weighted by Gasteiger charge is -2.22. The molecule has 0 bridgehead atoms. The Kier molecular flexibility index (Phi) is 10.3. The van der Waals surface area contributed by atoms with Crippen molar-refractivity contribution in [2.75, 3.05) is 45.7 Å². The SMILES string of the molecule is CN=C(NCc1ccc(NCCOC)cc1)N1CCC(Cc2ccccc2)C1.I. The number of guanidine groups is 1. The highest BCUT2D eigenvalue weighted by Crippen LogP contribution is 2.21. The highest BCUT2D eigenvalue weighted by Gasteiger charge is 2.24. The first kappa shape index (κ1) is 23.5. The Morgan fingerprint density at radius 3 is 2.55 bits per heavy atom. The molecule has 6 heteroatoms. The number of hydrogen-bond donors (Lipinski definition) is 2. The van der Waals surface area contributed by atoms with Crippen molar-refractivity contribution in [3.8, 4) is 0 Å². The van der Waals surface area contributed by atoms with Crippen LogP contribution in [0.4, 0.5) is 5.69 Å². The quantitative estimate of drug-likeness (QED) is 0.245. The van der Waals surface area contributed by atoms with Crippen LogP contribution in [0.2, 0.25) is 0 Å². The standard InChI is InChI=1S/C23H32N4O.HI/c1-24-23(26-17-20-8-10-22(11-9-20)25-13-15-28-2)27-14-12-21(18-27)16-19-6-4-3-5-7-19;/h3-11,21,25H,12-18H2,1-2H3,(H,24,26);1H. The van der Waals surface area contributed by atoms with Gasteiger partial charge in [-0.15, -0.1) is 24.0 Å². The predicted molar refractivity (Wildman–Crippen MR) is 132 cm³/mol. The van der Waals surface area contributed by atoms with Gasteiger partial charge in [0.15, 0.2) is 5.96 Å². The second-order valence-corrected chi connectivity index (χ2v) is 7.31. The van der Waals surface area contributed by atoms with Gasteiger partial charge >= 0.3 is 0 Å². The molecular formula is C23H33IN4O. The number of ether oxygens (including phenoxy) is 1. The van der Waals surface area contributed by atoms with Crippen LogP contribution in [-0.4, -0.2) is 51.3 Å². The van der Waals surface area contributed by atoms with Crippen LogP contribution in [0.1, 0.15) is 17.5 Å². The number of halogens is 1. The van der Waals surface area contributed by atoms with E-state index in [-0.39, 0.29) is 24.0 Å². The fourth-order valence-electron chi connectivity index (χ4n) is 3.69. The van der Waals surface area contributed by atoms with Crippen LogP contribution in [0.25, 0.3) is 0 Å². The summed E-state index contributed by atoms with van der Waals surface area (Å²) in [6.07, 6.45) is 2.36. The molecule has 0 amide bonds. The van der Waals surface area contributed by atoms with Crippen molar-refractivity contribution in [2.24, 2.45) is 10.9 Å². The van der Waals surface area contributed by atoms with Gasteiger partial charge in [-0.2, -0.15) is 0 Å². The number of nitrogens with one attached hydrogen (secondary N) is 2. The highest BCUT2D eigenvalue weighted by molar-refractivity contribution is 14.0. The Morgan fingerprint density at radius 1 is 1.10 bits per heavy atom. The van der Waals surface area contributed by atoms with Crippen LogP contribution in [0.5, 0.6) is 0 Å². The molecule has 2 N–H and O–H groups in total. The molecule has 2 aromatic carbocycles. The first-order chi connectivity index (χ1) is 13.8. The molecular weight excluding hydrogens is 475 g/mol. The topological polar surface area (TPSA) is 48.9 Å². The summed E-state index contributed by atoms with van der Waals surface area (Å²) < 4.78 is 5.06. The van der Waals surface area contributed by atoms with Crippen molar-refractivity contribution in [1.29, 1.82) is 0 Å². The average Bonchev–Trinajstić information content (AvgIpc) is 3.19. The van der Waals surface area contributed by atoms with Crippen molar-refractivity contribution in [3.63, 3.8) is 0 Å². The maximum atomic E-state index is 5.06. The van der Waals surface area contributed by atoms with E-state index in [1.165, 1.54) is 17.5 Å². The fraction of sp³-hybridized carbons (Fsp3) is 0.435. The number of methoxy groups -OCH3 is 1. The second kappa shape index (κ2) is 12.7. The third kappa shape index (κ3) is 7.51. The molecule has 0 spiro atoms. The monoisotopic (exact) mass is 508 g/mol. The number of rotatable bonds is 8. The molecule has 0 aromatic heterocycles. The molecule has 1 atom stereocenters. The number of aliphatic imine (C=N–C) groups is 1. The van der Waals surface area contributed by atoms with Crippen LogP contribution >= 0.6 is 24.0 Å². The van der Waals surface area contributed by atoms with Gasteiger partial charge in [0.25, 0.3) is 0 Å². The molecule has 29 heavy (non-hydrogen) atoms. The predicted octanol–water partition coefficient (Wildman–Crippen LogP) is 4.00. The molecule has 1 fully saturated rings. The zero-order valence-electron chi connectivity index (χ0n) is 17.4. The molecule has 2 aromatic rings. The van der Waals surface area contributed by atoms with E-state index in [0.717, 1.165) is 44.2 Å². The van der Waals surface area contributed by atoms with Gasteiger partial charge in [0.05, 0.1) is 6.61 Å². The van der Waals surface area contributed by atoms with Crippen LogP contribution in [0, 0.1) is 5.92 Å². The second-order valence-electron chi connectivity index (χ2n) is 7.31. The molecule has 0 radical (unpaired) electrons. The lowest BCUT2D eigenvalue weighted by molar-refractivity contribution is 0.211. The van der Waals surface area contributed by atoms with Crippen LogP contribution < -0.4 is 10.6 Å². The molecule has 1 aliphatic rings. The lowest BCUT2D eigenvalue weighted by Crippen LogP contribution is -2.39. The summed E-state index contributed by atoms with van der Waals surface area (Å²) in [4.78, 5) is 6.88. The van der Waals surface area contributed by atoms with E-state index >= 15 is 0 Å². The summed E-state index contributed by atoms with van der Waals surface area (Å²) >= 11 is 0. The van der Waals surface area contributed by atoms with Gasteiger partial charge < -0.3 is 20.3 Å². The molecule has 1 heterocycles. The number of benzene rings is 2. The highest BCUT2D eigenvalue weighted by atomic mass is 127. The summed E-state index contributed by atoms with van der Waals surface area (Å²) in [6, 6.07) is 19.3. The van der Waals surface area contributed by atoms with Gasteiger partial charge in [0.1, 0.15) is 0 Å². The molecule has 158 valence electrons. The van der Waals surface area contributed by atoms with E-state index in [9.17, 15) is 0 Å². The Balaban J connectivity index is 0.00000300. The van der Waals surface area contributed by atoms with E-state index < -0.39 is 0 Å². The summed E-state index contributed by atoms with van der Waals surface area (Å²) in [7, 11) is 3.59. The van der Waals surface area contributed by atoms with E-state index in [1.807, 2.05) is 7.05 Å². The van der Waals surface area contributed by atoms with Crippen molar-refractivity contribution >= 4 is 35.6 Å². The first-order valence-corrected chi connectivity index (χ1v) is 10.1. The fourth-order valence-corrected chi connectivity index (χ4v) is 3.69. The molecule has 1 saturated heterocycles. The van der Waals surface area contributed by atoms with Crippen molar-refractivity contribution in [3.05, 3.63) is 65.7 Å². The Morgan fingerprint density at radius 2 is 1.86 bits per heavy atom. The van der Waals surface area contributed by atoms with Crippen LogP contribution in [0.15, 0.2) is 59.6 Å². The minimum atomic E-state index is 0. The third-order valence-electron chi connectivity index (χ3n) is 5.20. The maximum Gasteiger partial charge on any atom is 0.193 e. The molecule has 3 rings (SSSR count). The lowest BCUT2D eigenvalue weighted by atomic mass is 9.99. The van der Waals surface area contributed by atoms with Crippen LogP contribution in [0.3, 0.4) is 0 Å². The smallest absolute Gasteiger partial charge is 0.193 e. The van der Waals surface area contributed by atoms with Gasteiger partial charge in [-0.1, -0.05) is 42.5 Å². The first-order valence-electron chi connectivity index (χ1n) is 10.1. The van der Waals surface area contributed by atoms with Gasteiger partial charge in [0.2, 0.25) is 0 Å². The van der Waals surface area contributed by atoms with Crippen molar-refractivity contribution < 1.29 is 4.74 Å². The number of hydrogen-bond acceptors (Lipinski definition) is 3. The number of nitrogens with zero attached hydrogens (tertiary/aromatic N) is 2. The summed E-state index contributed by atoms with van der Waals surface area (Å²) in [5, 5.41) is 6.86. The normalized spacial score (nSPS) is 16.4. The van der Waals surface area contributed by atoms with Gasteiger partial charge in [-0.3, -0.25) is 4.99 Å².